The van der Waals surface area contributed by atoms with Gasteiger partial charge in [-0.25, -0.2) is 0 Å². The minimum absolute atomic E-state index is 0.197. The molecule has 5 nitrogen and oxygen atoms in total. The van der Waals surface area contributed by atoms with E-state index in [1.165, 1.54) is 13.3 Å². The second-order valence-corrected chi connectivity index (χ2v) is 4.34. The molecule has 0 radical (unpaired) electrons. The Morgan fingerprint density at radius 1 is 1.19 bits per heavy atom. The van der Waals surface area contributed by atoms with E-state index in [2.05, 4.69) is 10.2 Å². The molecular weight excluding hydrogens is 208 g/mol. The van der Waals surface area contributed by atoms with Crippen molar-refractivity contribution in [2.24, 2.45) is 0 Å². The lowest BCUT2D eigenvalue weighted by Gasteiger charge is -2.31. The number of carboxylic acid groups (broad SMARTS) is 1. The standard InChI is InChI=1S/C11H20N2O3/c1-8(11(15)16)12-10(14)9(2)13-6-4-3-5-7-13/h8-9H,3-7H2,1-2H3,(H,12,14)(H,15,16). The number of aliphatic carboxylic acids is 1. The lowest BCUT2D eigenvalue weighted by Crippen LogP contribution is -2.50. The fourth-order valence-corrected chi connectivity index (χ4v) is 1.87. The third kappa shape index (κ3) is 3.48. The predicted molar refractivity (Wildman–Crippen MR) is 60.1 cm³/mol. The molecule has 2 atom stereocenters. The first-order valence-corrected chi connectivity index (χ1v) is 5.79. The number of nitrogens with zero attached hydrogens (tertiary/aromatic N) is 1. The third-order valence-electron chi connectivity index (χ3n) is 3.05. The smallest absolute Gasteiger partial charge is 0.325 e. The van der Waals surface area contributed by atoms with Crippen LogP contribution in [0.2, 0.25) is 0 Å². The fraction of sp³-hybridized carbons (Fsp3) is 0.818. The Balaban J connectivity index is 2.43. The molecule has 0 saturated carbocycles. The highest BCUT2D eigenvalue weighted by Gasteiger charge is 2.24. The molecule has 1 aliphatic heterocycles. The Morgan fingerprint density at radius 2 is 1.75 bits per heavy atom. The summed E-state index contributed by atoms with van der Waals surface area (Å²) in [5, 5.41) is 11.2. The first-order chi connectivity index (χ1) is 7.52. The molecule has 1 fully saturated rings. The number of hydrogen-bond acceptors (Lipinski definition) is 3. The van der Waals surface area contributed by atoms with E-state index < -0.39 is 12.0 Å². The van der Waals surface area contributed by atoms with Crippen LogP contribution in [-0.2, 0) is 9.59 Å². The van der Waals surface area contributed by atoms with Crippen LogP contribution in [-0.4, -0.2) is 47.1 Å². The molecule has 1 amide bonds. The number of nitrogens with one attached hydrogen (secondary N) is 1. The van der Waals surface area contributed by atoms with Gasteiger partial charge in [-0.1, -0.05) is 6.42 Å². The van der Waals surface area contributed by atoms with Crippen molar-refractivity contribution in [3.05, 3.63) is 0 Å². The zero-order valence-electron chi connectivity index (χ0n) is 9.90. The van der Waals surface area contributed by atoms with E-state index in [1.807, 2.05) is 6.92 Å². The van der Waals surface area contributed by atoms with Crippen LogP contribution >= 0.6 is 0 Å². The second-order valence-electron chi connectivity index (χ2n) is 4.34. The van der Waals surface area contributed by atoms with Gasteiger partial charge in [0.15, 0.2) is 0 Å². The molecule has 0 bridgehead atoms. The van der Waals surface area contributed by atoms with Gasteiger partial charge in [-0.2, -0.15) is 0 Å². The monoisotopic (exact) mass is 228 g/mol. The summed E-state index contributed by atoms with van der Waals surface area (Å²) in [6.07, 6.45) is 3.45. The Bertz CT molecular complexity index is 262. The van der Waals surface area contributed by atoms with Gasteiger partial charge in [0.25, 0.3) is 0 Å². The molecule has 1 rings (SSSR count). The van der Waals surface area contributed by atoms with Crippen molar-refractivity contribution in [2.75, 3.05) is 13.1 Å². The fourth-order valence-electron chi connectivity index (χ4n) is 1.87. The van der Waals surface area contributed by atoms with Crippen LogP contribution in [0.1, 0.15) is 33.1 Å². The zero-order valence-corrected chi connectivity index (χ0v) is 9.90. The topological polar surface area (TPSA) is 69.6 Å². The maximum Gasteiger partial charge on any atom is 0.325 e. The number of likely N-dealkylation sites (tertiary alicyclic amines) is 1. The molecule has 5 heteroatoms. The number of carbonyl (C=O) groups is 2. The molecule has 0 aromatic carbocycles. The summed E-state index contributed by atoms with van der Waals surface area (Å²) in [7, 11) is 0. The van der Waals surface area contributed by atoms with Crippen molar-refractivity contribution in [1.82, 2.24) is 10.2 Å². The molecule has 2 N–H and O–H groups in total. The van der Waals surface area contributed by atoms with Gasteiger partial charge >= 0.3 is 5.97 Å². The summed E-state index contributed by atoms with van der Waals surface area (Å²) in [4.78, 5) is 24.5. The van der Waals surface area contributed by atoms with E-state index in [0.29, 0.717) is 0 Å². The first kappa shape index (κ1) is 13.0. The molecule has 0 aliphatic carbocycles. The largest absolute Gasteiger partial charge is 0.480 e. The number of piperidine rings is 1. The van der Waals surface area contributed by atoms with Gasteiger partial charge in [0, 0.05) is 0 Å². The van der Waals surface area contributed by atoms with Gasteiger partial charge in [-0.3, -0.25) is 14.5 Å². The summed E-state index contributed by atoms with van der Waals surface area (Å²) < 4.78 is 0. The van der Waals surface area contributed by atoms with Gasteiger partial charge in [-0.05, 0) is 39.8 Å². The van der Waals surface area contributed by atoms with Crippen molar-refractivity contribution in [3.8, 4) is 0 Å². The Hall–Kier alpha value is -1.10. The maximum absolute atomic E-state index is 11.7. The Morgan fingerprint density at radius 3 is 2.25 bits per heavy atom. The summed E-state index contributed by atoms with van der Waals surface area (Å²) in [5.74, 6) is -1.20. The molecule has 0 aromatic rings. The third-order valence-corrected chi connectivity index (χ3v) is 3.05. The summed E-state index contributed by atoms with van der Waals surface area (Å²) in [5.41, 5.74) is 0. The Kier molecular flexibility index (Phi) is 4.73. The quantitative estimate of drug-likeness (QED) is 0.733. The van der Waals surface area contributed by atoms with Crippen LogP contribution in [0.15, 0.2) is 0 Å². The molecule has 1 heterocycles. The predicted octanol–water partition coefficient (Wildman–Crippen LogP) is 0.450. The highest BCUT2D eigenvalue weighted by atomic mass is 16.4. The van der Waals surface area contributed by atoms with Crippen molar-refractivity contribution in [1.29, 1.82) is 0 Å². The van der Waals surface area contributed by atoms with Crippen LogP contribution in [0, 0.1) is 0 Å². The molecular formula is C11H20N2O3. The highest BCUT2D eigenvalue weighted by Crippen LogP contribution is 2.12. The van der Waals surface area contributed by atoms with Crippen LogP contribution in [0.25, 0.3) is 0 Å². The van der Waals surface area contributed by atoms with E-state index >= 15 is 0 Å². The molecule has 1 aliphatic rings. The van der Waals surface area contributed by atoms with E-state index in [-0.39, 0.29) is 11.9 Å². The lowest BCUT2D eigenvalue weighted by atomic mass is 10.1. The van der Waals surface area contributed by atoms with Crippen LogP contribution in [0.5, 0.6) is 0 Å². The zero-order chi connectivity index (χ0) is 12.1. The van der Waals surface area contributed by atoms with E-state index in [0.717, 1.165) is 25.9 Å². The minimum Gasteiger partial charge on any atom is -0.480 e. The van der Waals surface area contributed by atoms with Crippen molar-refractivity contribution < 1.29 is 14.7 Å². The number of carboxylic acids is 1. The SMILES string of the molecule is CC(NC(=O)C(C)N1CCCCC1)C(=O)O. The Labute approximate surface area is 95.8 Å². The van der Waals surface area contributed by atoms with Crippen LogP contribution in [0.3, 0.4) is 0 Å². The summed E-state index contributed by atoms with van der Waals surface area (Å²) in [6.45, 7) is 5.16. The van der Waals surface area contributed by atoms with E-state index in [4.69, 9.17) is 5.11 Å². The lowest BCUT2D eigenvalue weighted by molar-refractivity contribution is -0.142. The van der Waals surface area contributed by atoms with Crippen molar-refractivity contribution >= 4 is 11.9 Å². The first-order valence-electron chi connectivity index (χ1n) is 5.79. The number of carbonyl (C=O) groups excluding carboxylic acids is 1. The molecule has 0 spiro atoms. The van der Waals surface area contributed by atoms with Gasteiger partial charge in [0.05, 0.1) is 6.04 Å². The number of amides is 1. The summed E-state index contributed by atoms with van der Waals surface area (Å²) in [6, 6.07) is -1.05. The number of rotatable bonds is 4. The highest BCUT2D eigenvalue weighted by molar-refractivity contribution is 5.86. The second kappa shape index (κ2) is 5.84. The van der Waals surface area contributed by atoms with Gasteiger partial charge in [0.2, 0.25) is 5.91 Å². The average Bonchev–Trinajstić information content (AvgIpc) is 2.28. The normalized spacial score (nSPS) is 21.1. The van der Waals surface area contributed by atoms with E-state index in [1.54, 1.807) is 0 Å². The molecule has 0 aromatic heterocycles. The van der Waals surface area contributed by atoms with E-state index in [9.17, 15) is 9.59 Å². The summed E-state index contributed by atoms with van der Waals surface area (Å²) >= 11 is 0. The van der Waals surface area contributed by atoms with Gasteiger partial charge in [-0.15, -0.1) is 0 Å². The molecule has 2 unspecified atom stereocenters. The van der Waals surface area contributed by atoms with Crippen molar-refractivity contribution in [2.45, 2.75) is 45.2 Å². The van der Waals surface area contributed by atoms with Crippen LogP contribution < -0.4 is 5.32 Å². The van der Waals surface area contributed by atoms with Crippen molar-refractivity contribution in [3.63, 3.8) is 0 Å². The maximum atomic E-state index is 11.7. The van der Waals surface area contributed by atoms with Gasteiger partial charge in [0.1, 0.15) is 6.04 Å². The minimum atomic E-state index is -1.00. The molecule has 92 valence electrons. The molecule has 16 heavy (non-hydrogen) atoms. The average molecular weight is 228 g/mol. The molecule has 1 saturated heterocycles. The number of hydrogen-bond donors (Lipinski definition) is 2. The van der Waals surface area contributed by atoms with Gasteiger partial charge < -0.3 is 10.4 Å². The van der Waals surface area contributed by atoms with Crippen LogP contribution in [0.4, 0.5) is 0 Å².